The number of hydrogen-bond acceptors (Lipinski definition) is 6. The number of nitrogens with zero attached hydrogens (tertiary/aromatic N) is 4. The van der Waals surface area contributed by atoms with Crippen LogP contribution in [0.2, 0.25) is 0 Å². The van der Waals surface area contributed by atoms with Gasteiger partial charge < -0.3 is 15.4 Å². The molecule has 0 aliphatic carbocycles. The molecule has 2 heterocycles. The standard InChI is InChI=1S/C25H26N6O2/c1-16-6-5-7-22(14-16)33-15-25(32)27-21-10-8-20(9-11-21)26-23-12-13-24(29-28-23)31-19(4)17(2)18(3)30-31/h5-14H,15H2,1-4H3,(H,26,28)(H,27,32). The second-order valence-electron chi connectivity index (χ2n) is 7.84. The van der Waals surface area contributed by atoms with Crippen molar-refractivity contribution in [1.29, 1.82) is 0 Å². The van der Waals surface area contributed by atoms with Gasteiger partial charge in [0.05, 0.1) is 5.69 Å². The molecule has 2 aromatic carbocycles. The Bertz CT molecular complexity index is 1260. The van der Waals surface area contributed by atoms with Crippen molar-refractivity contribution < 1.29 is 9.53 Å². The van der Waals surface area contributed by atoms with E-state index in [4.69, 9.17) is 4.74 Å². The third-order valence-corrected chi connectivity index (χ3v) is 5.32. The quantitative estimate of drug-likeness (QED) is 0.432. The van der Waals surface area contributed by atoms with Crippen LogP contribution in [0, 0.1) is 27.7 Å². The molecular formula is C25H26N6O2. The minimum atomic E-state index is -0.224. The van der Waals surface area contributed by atoms with Crippen LogP contribution in [0.4, 0.5) is 17.2 Å². The Morgan fingerprint density at radius 1 is 0.939 bits per heavy atom. The summed E-state index contributed by atoms with van der Waals surface area (Å²) >= 11 is 0. The van der Waals surface area contributed by atoms with Crippen molar-refractivity contribution in [3.8, 4) is 11.6 Å². The fourth-order valence-electron chi connectivity index (χ4n) is 3.28. The van der Waals surface area contributed by atoms with Gasteiger partial charge in [0.2, 0.25) is 0 Å². The zero-order valence-electron chi connectivity index (χ0n) is 19.1. The number of amides is 1. The molecule has 4 aromatic rings. The van der Waals surface area contributed by atoms with Gasteiger partial charge in [0.25, 0.3) is 5.91 Å². The van der Waals surface area contributed by atoms with Crippen LogP contribution >= 0.6 is 0 Å². The number of rotatable bonds is 7. The molecule has 0 atom stereocenters. The molecule has 0 spiro atoms. The van der Waals surface area contributed by atoms with Crippen molar-refractivity contribution in [3.05, 3.63) is 83.2 Å². The van der Waals surface area contributed by atoms with Crippen molar-refractivity contribution in [2.75, 3.05) is 17.2 Å². The fourth-order valence-corrected chi connectivity index (χ4v) is 3.28. The maximum absolute atomic E-state index is 12.2. The summed E-state index contributed by atoms with van der Waals surface area (Å²) in [5, 5.41) is 19.1. The van der Waals surface area contributed by atoms with Crippen LogP contribution in [0.15, 0.2) is 60.7 Å². The first-order chi connectivity index (χ1) is 15.9. The molecule has 0 unspecified atom stereocenters. The Balaban J connectivity index is 1.32. The third kappa shape index (κ3) is 5.35. The highest BCUT2D eigenvalue weighted by Crippen LogP contribution is 2.19. The molecule has 0 radical (unpaired) electrons. The van der Waals surface area contributed by atoms with E-state index in [9.17, 15) is 4.79 Å². The van der Waals surface area contributed by atoms with E-state index in [0.717, 1.165) is 28.2 Å². The molecule has 2 aromatic heterocycles. The Hall–Kier alpha value is -4.20. The molecule has 0 fully saturated rings. The van der Waals surface area contributed by atoms with Crippen molar-refractivity contribution in [3.63, 3.8) is 0 Å². The fraction of sp³-hybridized carbons (Fsp3) is 0.200. The normalized spacial score (nSPS) is 10.7. The summed E-state index contributed by atoms with van der Waals surface area (Å²) in [6.45, 7) is 7.95. The lowest BCUT2D eigenvalue weighted by Crippen LogP contribution is -2.20. The van der Waals surface area contributed by atoms with Gasteiger partial charge in [0.1, 0.15) is 5.75 Å². The average Bonchev–Trinajstić information content (AvgIpc) is 3.07. The lowest BCUT2D eigenvalue weighted by Gasteiger charge is -2.10. The maximum Gasteiger partial charge on any atom is 0.262 e. The second-order valence-corrected chi connectivity index (χ2v) is 7.84. The van der Waals surface area contributed by atoms with E-state index in [0.29, 0.717) is 23.1 Å². The SMILES string of the molecule is Cc1cccc(OCC(=O)Nc2ccc(Nc3ccc(-n4nc(C)c(C)c4C)nn3)cc2)c1. The summed E-state index contributed by atoms with van der Waals surface area (Å²) in [4.78, 5) is 12.2. The van der Waals surface area contributed by atoms with Gasteiger partial charge in [0.15, 0.2) is 18.2 Å². The number of aromatic nitrogens is 4. The summed E-state index contributed by atoms with van der Waals surface area (Å²) in [7, 11) is 0. The number of carbonyl (C=O) groups is 1. The minimum Gasteiger partial charge on any atom is -0.484 e. The van der Waals surface area contributed by atoms with Crippen molar-refractivity contribution in [1.82, 2.24) is 20.0 Å². The van der Waals surface area contributed by atoms with E-state index in [1.165, 1.54) is 0 Å². The molecule has 168 valence electrons. The minimum absolute atomic E-state index is 0.0554. The van der Waals surface area contributed by atoms with Crippen LogP contribution in [0.5, 0.6) is 5.75 Å². The van der Waals surface area contributed by atoms with E-state index >= 15 is 0 Å². The van der Waals surface area contributed by atoms with Crippen LogP contribution in [0.1, 0.15) is 22.5 Å². The summed E-state index contributed by atoms with van der Waals surface area (Å²) < 4.78 is 7.33. The molecule has 0 bridgehead atoms. The average molecular weight is 443 g/mol. The van der Waals surface area contributed by atoms with Crippen LogP contribution < -0.4 is 15.4 Å². The van der Waals surface area contributed by atoms with Crippen molar-refractivity contribution in [2.45, 2.75) is 27.7 Å². The van der Waals surface area contributed by atoms with Gasteiger partial charge in [0, 0.05) is 17.1 Å². The lowest BCUT2D eigenvalue weighted by atomic mass is 10.2. The molecule has 0 saturated heterocycles. The first-order valence-electron chi connectivity index (χ1n) is 10.6. The number of nitrogens with one attached hydrogen (secondary N) is 2. The van der Waals surface area contributed by atoms with Gasteiger partial charge in [-0.1, -0.05) is 12.1 Å². The van der Waals surface area contributed by atoms with Crippen LogP contribution in [0.3, 0.4) is 0 Å². The summed E-state index contributed by atoms with van der Waals surface area (Å²) in [5.74, 6) is 1.73. The Kier molecular flexibility index (Phi) is 6.35. The van der Waals surface area contributed by atoms with E-state index in [-0.39, 0.29) is 12.5 Å². The highest BCUT2D eigenvalue weighted by atomic mass is 16.5. The van der Waals surface area contributed by atoms with Crippen LogP contribution in [0.25, 0.3) is 5.82 Å². The molecule has 0 aliphatic rings. The molecule has 0 saturated carbocycles. The molecule has 8 nitrogen and oxygen atoms in total. The lowest BCUT2D eigenvalue weighted by molar-refractivity contribution is -0.118. The monoisotopic (exact) mass is 442 g/mol. The highest BCUT2D eigenvalue weighted by Gasteiger charge is 2.10. The van der Waals surface area contributed by atoms with Crippen molar-refractivity contribution >= 4 is 23.1 Å². The van der Waals surface area contributed by atoms with Crippen LogP contribution in [-0.4, -0.2) is 32.5 Å². The molecule has 0 aliphatic heterocycles. The Morgan fingerprint density at radius 2 is 1.70 bits per heavy atom. The van der Waals surface area contributed by atoms with Gasteiger partial charge in [-0.2, -0.15) is 5.10 Å². The first-order valence-corrected chi connectivity index (χ1v) is 10.6. The molecule has 4 rings (SSSR count). The first kappa shape index (κ1) is 22.0. The molecule has 8 heteroatoms. The summed E-state index contributed by atoms with van der Waals surface area (Å²) in [6.07, 6.45) is 0. The van der Waals surface area contributed by atoms with E-state index < -0.39 is 0 Å². The zero-order chi connectivity index (χ0) is 23.4. The van der Waals surface area contributed by atoms with Gasteiger partial charge in [-0.25, -0.2) is 4.68 Å². The number of hydrogen-bond donors (Lipinski definition) is 2. The molecule has 1 amide bonds. The predicted octanol–water partition coefficient (Wildman–Crippen LogP) is 4.66. The van der Waals surface area contributed by atoms with E-state index in [2.05, 4.69) is 25.9 Å². The van der Waals surface area contributed by atoms with Gasteiger partial charge >= 0.3 is 0 Å². The molecular weight excluding hydrogens is 416 g/mol. The third-order valence-electron chi connectivity index (χ3n) is 5.32. The number of anilines is 3. The van der Waals surface area contributed by atoms with E-state index in [1.54, 1.807) is 4.68 Å². The van der Waals surface area contributed by atoms with Crippen molar-refractivity contribution in [2.24, 2.45) is 0 Å². The maximum atomic E-state index is 12.2. The van der Waals surface area contributed by atoms with Gasteiger partial charge in [-0.15, -0.1) is 10.2 Å². The number of benzene rings is 2. The number of aryl methyl sites for hydroxylation is 2. The van der Waals surface area contributed by atoms with Gasteiger partial charge in [-0.05, 0) is 87.4 Å². The number of ether oxygens (including phenoxy) is 1. The molecule has 33 heavy (non-hydrogen) atoms. The highest BCUT2D eigenvalue weighted by molar-refractivity contribution is 5.92. The smallest absolute Gasteiger partial charge is 0.262 e. The van der Waals surface area contributed by atoms with Gasteiger partial charge in [-0.3, -0.25) is 4.79 Å². The number of carbonyl (C=O) groups excluding carboxylic acids is 1. The Labute approximate surface area is 192 Å². The topological polar surface area (TPSA) is 94.0 Å². The van der Waals surface area contributed by atoms with Crippen LogP contribution in [-0.2, 0) is 4.79 Å². The largest absolute Gasteiger partial charge is 0.484 e. The second kappa shape index (κ2) is 9.52. The Morgan fingerprint density at radius 3 is 2.33 bits per heavy atom. The summed E-state index contributed by atoms with van der Waals surface area (Å²) in [6, 6.07) is 18.7. The summed E-state index contributed by atoms with van der Waals surface area (Å²) in [5.41, 5.74) is 5.76. The predicted molar refractivity (Wildman–Crippen MR) is 128 cm³/mol. The van der Waals surface area contributed by atoms with E-state index in [1.807, 2.05) is 88.4 Å². The zero-order valence-corrected chi connectivity index (χ0v) is 19.1. The molecule has 2 N–H and O–H groups in total.